The average molecular weight is 496 g/mol. The van der Waals surface area contributed by atoms with Crippen molar-refractivity contribution in [3.8, 4) is 5.75 Å². The highest BCUT2D eigenvalue weighted by atomic mass is 127. The van der Waals surface area contributed by atoms with E-state index in [-0.39, 0.29) is 0 Å². The second kappa shape index (κ2) is 7.35. The Balaban J connectivity index is 1.78. The van der Waals surface area contributed by atoms with Crippen LogP contribution in [0, 0.1) is 2.88 Å². The van der Waals surface area contributed by atoms with Gasteiger partial charge in [0.15, 0.2) is 5.60 Å². The Morgan fingerprint density at radius 1 is 0.714 bits per heavy atom. The van der Waals surface area contributed by atoms with Crippen LogP contribution in [0.2, 0.25) is 0 Å². The van der Waals surface area contributed by atoms with E-state index in [2.05, 4.69) is 89.3 Å². The predicted molar refractivity (Wildman–Crippen MR) is 121 cm³/mol. The molecule has 4 heteroatoms. The molecular weight excluding hydrogens is 479 g/mol. The summed E-state index contributed by atoms with van der Waals surface area (Å²) >= 11 is 4.03. The van der Waals surface area contributed by atoms with Gasteiger partial charge in [0.1, 0.15) is 5.75 Å². The Bertz CT molecular complexity index is 1050. The van der Waals surface area contributed by atoms with Crippen LogP contribution in [-0.4, -0.2) is 0 Å². The lowest BCUT2D eigenvalue weighted by molar-refractivity contribution is -0.165. The van der Waals surface area contributed by atoms with Gasteiger partial charge in [0.2, 0.25) is 6.29 Å². The number of para-hydroxylation sites is 1. The lowest BCUT2D eigenvalue weighted by Gasteiger charge is -2.43. The molecule has 2 heterocycles. The van der Waals surface area contributed by atoms with E-state index in [1.807, 2.05) is 30.3 Å². The summed E-state index contributed by atoms with van der Waals surface area (Å²) in [6, 6.07) is 33.2. The van der Waals surface area contributed by atoms with Crippen molar-refractivity contribution in [1.29, 1.82) is 0 Å². The van der Waals surface area contributed by atoms with Gasteiger partial charge in [0, 0.05) is 5.56 Å². The number of rotatable bonds is 3. The quantitative estimate of drug-likeness (QED) is 0.292. The highest BCUT2D eigenvalue weighted by molar-refractivity contribution is 14.1. The lowest BCUT2D eigenvalue weighted by atomic mass is 9.79. The van der Waals surface area contributed by atoms with Crippen LogP contribution >= 0.6 is 33.9 Å². The molecule has 0 saturated carbocycles. The minimum atomic E-state index is -0.739. The van der Waals surface area contributed by atoms with E-state index in [0.717, 1.165) is 27.3 Å². The summed E-state index contributed by atoms with van der Waals surface area (Å²) in [5, 5.41) is 0. The number of ether oxygens (including phenoxy) is 2. The van der Waals surface area contributed by atoms with Gasteiger partial charge in [-0.05, 0) is 51.9 Å². The molecule has 0 bridgehead atoms. The van der Waals surface area contributed by atoms with Crippen molar-refractivity contribution in [2.24, 2.45) is 0 Å². The molecule has 138 valence electrons. The molecule has 4 aromatic rings. The minimum Gasteiger partial charge on any atom is -0.459 e. The number of fused-ring (bicyclic) bond motifs is 1. The van der Waals surface area contributed by atoms with Gasteiger partial charge in [-0.2, -0.15) is 0 Å². The summed E-state index contributed by atoms with van der Waals surface area (Å²) < 4.78 is 14.4. The zero-order chi connectivity index (χ0) is 19.0. The Kier molecular flexibility index (Phi) is 4.70. The normalized spacial score (nSPS) is 17.5. The van der Waals surface area contributed by atoms with Gasteiger partial charge in [-0.15, -0.1) is 11.3 Å². The number of hydrogen-bond donors (Lipinski definition) is 0. The summed E-state index contributed by atoms with van der Waals surface area (Å²) in [6.45, 7) is 0. The number of benzene rings is 3. The topological polar surface area (TPSA) is 18.5 Å². The second-order valence-electron chi connectivity index (χ2n) is 6.62. The molecule has 28 heavy (non-hydrogen) atoms. The van der Waals surface area contributed by atoms with Crippen molar-refractivity contribution in [1.82, 2.24) is 0 Å². The Hall–Kier alpha value is -2.15. The fourth-order valence-electron chi connectivity index (χ4n) is 3.75. The van der Waals surface area contributed by atoms with E-state index in [9.17, 15) is 0 Å². The van der Waals surface area contributed by atoms with E-state index in [4.69, 9.17) is 9.47 Å². The van der Waals surface area contributed by atoms with E-state index < -0.39 is 11.9 Å². The van der Waals surface area contributed by atoms with Gasteiger partial charge in [0.25, 0.3) is 0 Å². The van der Waals surface area contributed by atoms with Gasteiger partial charge < -0.3 is 9.47 Å². The molecule has 1 aliphatic rings. The van der Waals surface area contributed by atoms with Crippen molar-refractivity contribution in [2.75, 3.05) is 0 Å². The number of hydrogen-bond acceptors (Lipinski definition) is 3. The third-order valence-corrected chi connectivity index (χ3v) is 6.89. The second-order valence-corrected chi connectivity index (χ2v) is 9.63. The summed E-state index contributed by atoms with van der Waals surface area (Å²) in [5.74, 6) is 0.856. The van der Waals surface area contributed by atoms with Crippen LogP contribution in [0.1, 0.15) is 27.9 Å². The minimum absolute atomic E-state index is 0.469. The van der Waals surface area contributed by atoms with Crippen LogP contribution < -0.4 is 4.74 Å². The molecule has 5 rings (SSSR count). The van der Waals surface area contributed by atoms with Crippen LogP contribution in [-0.2, 0) is 10.3 Å². The van der Waals surface area contributed by atoms with Crippen LogP contribution in [0.15, 0.2) is 97.1 Å². The van der Waals surface area contributed by atoms with Gasteiger partial charge in [-0.25, -0.2) is 0 Å². The summed E-state index contributed by atoms with van der Waals surface area (Å²) in [6.07, 6.45) is -0.469. The van der Waals surface area contributed by atoms with Crippen molar-refractivity contribution < 1.29 is 9.47 Å². The largest absolute Gasteiger partial charge is 0.459 e. The monoisotopic (exact) mass is 496 g/mol. The maximum absolute atomic E-state index is 6.86. The zero-order valence-electron chi connectivity index (χ0n) is 14.9. The number of halogens is 1. The highest BCUT2D eigenvalue weighted by Gasteiger charge is 2.46. The van der Waals surface area contributed by atoms with Gasteiger partial charge >= 0.3 is 0 Å². The van der Waals surface area contributed by atoms with E-state index in [1.165, 1.54) is 2.88 Å². The first-order valence-electron chi connectivity index (χ1n) is 9.07. The Morgan fingerprint density at radius 3 is 1.93 bits per heavy atom. The van der Waals surface area contributed by atoms with Crippen molar-refractivity contribution in [2.45, 2.75) is 11.9 Å². The summed E-state index contributed by atoms with van der Waals surface area (Å²) in [4.78, 5) is 1.06. The fraction of sp³-hybridized carbons (Fsp3) is 0.0833. The molecule has 1 aromatic heterocycles. The van der Waals surface area contributed by atoms with Gasteiger partial charge in [-0.3, -0.25) is 0 Å². The molecular formula is C24H17IO2S. The maximum atomic E-state index is 6.86. The number of thiophene rings is 1. The Morgan fingerprint density at radius 2 is 1.32 bits per heavy atom. The first-order valence-corrected chi connectivity index (χ1v) is 11.0. The zero-order valence-corrected chi connectivity index (χ0v) is 17.9. The molecule has 0 aliphatic carbocycles. The maximum Gasteiger partial charge on any atom is 0.237 e. The smallest absolute Gasteiger partial charge is 0.237 e. The van der Waals surface area contributed by atoms with Crippen molar-refractivity contribution in [3.63, 3.8) is 0 Å². The summed E-state index contributed by atoms with van der Waals surface area (Å²) in [7, 11) is 0. The first-order chi connectivity index (χ1) is 13.8. The van der Waals surface area contributed by atoms with Gasteiger partial charge in [-0.1, -0.05) is 78.9 Å². The molecule has 0 fully saturated rings. The molecule has 0 amide bonds. The molecule has 3 aromatic carbocycles. The fourth-order valence-corrected chi connectivity index (χ4v) is 5.39. The SMILES string of the molecule is Ic1ccc([C@@H]2Oc3ccccc3C(c3ccccc3)(c3ccccc3)O2)s1. The molecule has 1 aliphatic heterocycles. The van der Waals surface area contributed by atoms with E-state index in [1.54, 1.807) is 11.3 Å². The molecule has 0 unspecified atom stereocenters. The Labute approximate surface area is 181 Å². The standard InChI is InChI=1S/C24H17IO2S/c25-22-16-15-21(28-22)23-26-20-14-8-7-13-19(20)24(27-23,17-9-3-1-4-10-17)18-11-5-2-6-12-18/h1-16,23H/t23-/m1/s1. The lowest BCUT2D eigenvalue weighted by Crippen LogP contribution is -2.39. The molecule has 0 saturated heterocycles. The first kappa shape index (κ1) is 17.9. The summed E-state index contributed by atoms with van der Waals surface area (Å²) in [5.41, 5.74) is 2.47. The van der Waals surface area contributed by atoms with Crippen LogP contribution in [0.4, 0.5) is 0 Å². The average Bonchev–Trinajstić information content (AvgIpc) is 3.20. The van der Waals surface area contributed by atoms with E-state index >= 15 is 0 Å². The van der Waals surface area contributed by atoms with Crippen LogP contribution in [0.3, 0.4) is 0 Å². The molecule has 1 atom stereocenters. The third kappa shape index (κ3) is 2.96. The van der Waals surface area contributed by atoms with Crippen LogP contribution in [0.25, 0.3) is 0 Å². The predicted octanol–water partition coefficient (Wildman–Crippen LogP) is 6.75. The van der Waals surface area contributed by atoms with Gasteiger partial charge in [0.05, 0.1) is 7.76 Å². The molecule has 2 nitrogen and oxygen atoms in total. The van der Waals surface area contributed by atoms with Crippen LogP contribution in [0.5, 0.6) is 5.75 Å². The third-order valence-electron chi connectivity index (χ3n) is 4.97. The van der Waals surface area contributed by atoms with Crippen molar-refractivity contribution in [3.05, 3.63) is 122 Å². The highest BCUT2D eigenvalue weighted by Crippen LogP contribution is 2.51. The molecule has 0 N–H and O–H groups in total. The van der Waals surface area contributed by atoms with E-state index in [0.29, 0.717) is 0 Å². The molecule has 0 radical (unpaired) electrons. The molecule has 0 spiro atoms. The van der Waals surface area contributed by atoms with Crippen molar-refractivity contribution >= 4 is 33.9 Å².